The van der Waals surface area contributed by atoms with E-state index in [0.717, 1.165) is 32.9 Å². The maximum absolute atomic E-state index is 12.5. The lowest BCUT2D eigenvalue weighted by Gasteiger charge is -2.17. The Morgan fingerprint density at radius 1 is 1.29 bits per heavy atom. The van der Waals surface area contributed by atoms with Crippen LogP contribution in [0, 0.1) is 19.8 Å². The van der Waals surface area contributed by atoms with Crippen molar-refractivity contribution in [2.45, 2.75) is 40.2 Å². The van der Waals surface area contributed by atoms with Crippen LogP contribution in [0.2, 0.25) is 0 Å². The molecule has 1 atom stereocenters. The second-order valence-corrected chi connectivity index (χ2v) is 8.59. The first kappa shape index (κ1) is 20.0. The summed E-state index contributed by atoms with van der Waals surface area (Å²) in [6.07, 6.45) is 3.79. The van der Waals surface area contributed by atoms with Gasteiger partial charge in [0.05, 0.1) is 11.7 Å². The second-order valence-electron chi connectivity index (χ2n) is 7.36. The number of nitrogens with one attached hydrogen (secondary N) is 2. The summed E-state index contributed by atoms with van der Waals surface area (Å²) in [4.78, 5) is 33.4. The molecule has 3 aromatic rings. The average Bonchev–Trinajstić information content (AvgIpc) is 2.98. The Morgan fingerprint density at radius 3 is 2.71 bits per heavy atom. The summed E-state index contributed by atoms with van der Waals surface area (Å²) in [5, 5.41) is 4.89. The van der Waals surface area contributed by atoms with Gasteiger partial charge in [-0.05, 0) is 49.8 Å². The van der Waals surface area contributed by atoms with Crippen LogP contribution in [0.5, 0.6) is 0 Å². The Bertz CT molecular complexity index is 1060. The van der Waals surface area contributed by atoms with E-state index in [0.29, 0.717) is 11.5 Å². The number of amides is 1. The van der Waals surface area contributed by atoms with E-state index in [9.17, 15) is 9.59 Å². The molecule has 2 N–H and O–H groups in total. The molecule has 2 heterocycles. The molecule has 1 aromatic carbocycles. The van der Waals surface area contributed by atoms with E-state index in [1.807, 2.05) is 38.1 Å². The Labute approximate surface area is 168 Å². The standard InChI is InChI=1S/C22H25N3O2S/c1-13(2)11-19(22-23-14(3)15(4)28-22)24-20(26)10-9-17-12-16-7-5-6-8-18(16)25-21(17)27/h5-10,12-13,19H,11H2,1-4H3,(H,24,26)(H,25,27)/b10-9+. The number of carbonyl (C=O) groups excluding carboxylic acids is 1. The molecule has 1 amide bonds. The van der Waals surface area contributed by atoms with Crippen molar-refractivity contribution >= 4 is 34.2 Å². The summed E-state index contributed by atoms with van der Waals surface area (Å²) in [6, 6.07) is 9.22. The van der Waals surface area contributed by atoms with Gasteiger partial charge >= 0.3 is 0 Å². The SMILES string of the molecule is Cc1nc(C(CC(C)C)NC(=O)/C=C/c2cc3ccccc3[nH]c2=O)sc1C. The van der Waals surface area contributed by atoms with Crippen molar-refractivity contribution in [2.24, 2.45) is 5.92 Å². The molecule has 146 valence electrons. The van der Waals surface area contributed by atoms with Crippen molar-refractivity contribution in [1.29, 1.82) is 0 Å². The molecule has 2 aromatic heterocycles. The lowest BCUT2D eigenvalue weighted by molar-refractivity contribution is -0.117. The van der Waals surface area contributed by atoms with E-state index in [1.165, 1.54) is 6.08 Å². The monoisotopic (exact) mass is 395 g/mol. The lowest BCUT2D eigenvalue weighted by Crippen LogP contribution is -2.28. The third kappa shape index (κ3) is 4.75. The number of para-hydroxylation sites is 1. The summed E-state index contributed by atoms with van der Waals surface area (Å²) >= 11 is 1.62. The van der Waals surface area contributed by atoms with Crippen molar-refractivity contribution < 1.29 is 4.79 Å². The minimum absolute atomic E-state index is 0.135. The quantitative estimate of drug-likeness (QED) is 0.603. The van der Waals surface area contributed by atoms with E-state index in [4.69, 9.17) is 0 Å². The summed E-state index contributed by atoms with van der Waals surface area (Å²) in [5.74, 6) is 0.186. The predicted octanol–water partition coefficient (Wildman–Crippen LogP) is 4.52. The van der Waals surface area contributed by atoms with Gasteiger partial charge in [-0.2, -0.15) is 0 Å². The molecular formula is C22H25N3O2S. The fourth-order valence-electron chi connectivity index (χ4n) is 3.01. The molecular weight excluding hydrogens is 370 g/mol. The highest BCUT2D eigenvalue weighted by Gasteiger charge is 2.19. The van der Waals surface area contributed by atoms with Crippen LogP contribution in [0.3, 0.4) is 0 Å². The molecule has 0 bridgehead atoms. The number of fused-ring (bicyclic) bond motifs is 1. The molecule has 0 radical (unpaired) electrons. The summed E-state index contributed by atoms with van der Waals surface area (Å²) in [6.45, 7) is 8.26. The van der Waals surface area contributed by atoms with Gasteiger partial charge < -0.3 is 10.3 Å². The van der Waals surface area contributed by atoms with Gasteiger partial charge in [-0.1, -0.05) is 32.0 Å². The molecule has 0 saturated carbocycles. The molecule has 0 aliphatic carbocycles. The van der Waals surface area contributed by atoms with E-state index < -0.39 is 0 Å². The zero-order valence-corrected chi connectivity index (χ0v) is 17.4. The Hall–Kier alpha value is -2.73. The highest BCUT2D eigenvalue weighted by atomic mass is 32.1. The van der Waals surface area contributed by atoms with Gasteiger partial charge in [0, 0.05) is 22.0 Å². The van der Waals surface area contributed by atoms with Crippen LogP contribution in [0.4, 0.5) is 0 Å². The van der Waals surface area contributed by atoms with Crippen LogP contribution in [0.15, 0.2) is 41.2 Å². The molecule has 0 aliphatic rings. The van der Waals surface area contributed by atoms with Gasteiger partial charge in [0.15, 0.2) is 0 Å². The Morgan fingerprint density at radius 2 is 2.04 bits per heavy atom. The van der Waals surface area contributed by atoms with Crippen molar-refractivity contribution in [3.8, 4) is 0 Å². The van der Waals surface area contributed by atoms with Gasteiger partial charge in [-0.15, -0.1) is 11.3 Å². The molecule has 3 rings (SSSR count). The first-order valence-corrected chi connectivity index (χ1v) is 10.2. The van der Waals surface area contributed by atoms with Gasteiger partial charge in [0.2, 0.25) is 5.91 Å². The number of pyridine rings is 1. The van der Waals surface area contributed by atoms with Crippen LogP contribution in [0.25, 0.3) is 17.0 Å². The number of hydrogen-bond acceptors (Lipinski definition) is 4. The minimum atomic E-state index is -0.233. The molecule has 6 heteroatoms. The fourth-order valence-corrected chi connectivity index (χ4v) is 4.00. The maximum atomic E-state index is 12.5. The molecule has 0 spiro atoms. The zero-order valence-electron chi connectivity index (χ0n) is 16.6. The number of rotatable bonds is 6. The number of nitrogens with zero attached hydrogens (tertiary/aromatic N) is 1. The van der Waals surface area contributed by atoms with E-state index in [1.54, 1.807) is 23.5 Å². The van der Waals surface area contributed by atoms with Crippen molar-refractivity contribution in [2.75, 3.05) is 0 Å². The highest BCUT2D eigenvalue weighted by Crippen LogP contribution is 2.27. The first-order valence-electron chi connectivity index (χ1n) is 9.38. The number of carbonyl (C=O) groups is 1. The average molecular weight is 396 g/mol. The number of benzene rings is 1. The van der Waals surface area contributed by atoms with Crippen LogP contribution in [0.1, 0.15) is 47.5 Å². The summed E-state index contributed by atoms with van der Waals surface area (Å²) < 4.78 is 0. The topological polar surface area (TPSA) is 74.8 Å². The Kier molecular flexibility index (Phi) is 6.09. The van der Waals surface area contributed by atoms with Gasteiger partial charge in [0.25, 0.3) is 5.56 Å². The number of aromatic nitrogens is 2. The van der Waals surface area contributed by atoms with Crippen molar-refractivity contribution in [3.05, 3.63) is 67.9 Å². The third-order valence-electron chi connectivity index (χ3n) is 4.56. The lowest BCUT2D eigenvalue weighted by atomic mass is 10.0. The minimum Gasteiger partial charge on any atom is -0.343 e. The number of thiazole rings is 1. The van der Waals surface area contributed by atoms with E-state index in [-0.39, 0.29) is 17.5 Å². The highest BCUT2D eigenvalue weighted by molar-refractivity contribution is 7.11. The van der Waals surface area contributed by atoms with Crippen LogP contribution in [-0.4, -0.2) is 15.9 Å². The maximum Gasteiger partial charge on any atom is 0.255 e. The smallest absolute Gasteiger partial charge is 0.255 e. The van der Waals surface area contributed by atoms with Crippen LogP contribution < -0.4 is 10.9 Å². The van der Waals surface area contributed by atoms with Gasteiger partial charge in [-0.25, -0.2) is 4.98 Å². The van der Waals surface area contributed by atoms with Crippen molar-refractivity contribution in [3.63, 3.8) is 0 Å². The van der Waals surface area contributed by atoms with Crippen LogP contribution in [-0.2, 0) is 4.79 Å². The van der Waals surface area contributed by atoms with E-state index in [2.05, 4.69) is 29.1 Å². The Balaban J connectivity index is 1.79. The summed E-state index contributed by atoms with van der Waals surface area (Å²) in [5.41, 5.74) is 2.02. The molecule has 0 aliphatic heterocycles. The number of hydrogen-bond donors (Lipinski definition) is 2. The second kappa shape index (κ2) is 8.52. The molecule has 0 saturated heterocycles. The first-order chi connectivity index (χ1) is 13.3. The van der Waals surface area contributed by atoms with Crippen molar-refractivity contribution in [1.82, 2.24) is 15.3 Å². The zero-order chi connectivity index (χ0) is 20.3. The summed E-state index contributed by atoms with van der Waals surface area (Å²) in [7, 11) is 0. The number of H-pyrrole nitrogens is 1. The number of aryl methyl sites for hydroxylation is 2. The third-order valence-corrected chi connectivity index (χ3v) is 5.75. The van der Waals surface area contributed by atoms with Crippen LogP contribution >= 0.6 is 11.3 Å². The largest absolute Gasteiger partial charge is 0.343 e. The molecule has 0 fully saturated rings. The van der Waals surface area contributed by atoms with E-state index >= 15 is 0 Å². The normalized spacial score (nSPS) is 12.8. The molecule has 5 nitrogen and oxygen atoms in total. The number of aromatic amines is 1. The van der Waals surface area contributed by atoms with Gasteiger partial charge in [-0.3, -0.25) is 9.59 Å². The molecule has 1 unspecified atom stereocenters. The fraction of sp³-hybridized carbons (Fsp3) is 0.318. The molecule has 28 heavy (non-hydrogen) atoms. The van der Waals surface area contributed by atoms with Gasteiger partial charge in [0.1, 0.15) is 5.01 Å². The predicted molar refractivity (Wildman–Crippen MR) is 116 cm³/mol.